The Morgan fingerprint density at radius 1 is 1.11 bits per heavy atom. The van der Waals surface area contributed by atoms with E-state index in [1.54, 1.807) is 0 Å². The summed E-state index contributed by atoms with van der Waals surface area (Å²) in [6, 6.07) is 9.14. The van der Waals surface area contributed by atoms with Crippen LogP contribution in [0.1, 0.15) is 37.5 Å². The number of carbonyl (C=O) groups excluding carboxylic acids is 3. The summed E-state index contributed by atoms with van der Waals surface area (Å²) < 4.78 is 17.4. The number of amides is 2. The first-order chi connectivity index (χ1) is 12.8. The number of esters is 1. The molecule has 138 valence electrons. The van der Waals surface area contributed by atoms with Crippen molar-refractivity contribution in [3.05, 3.63) is 65.0 Å². The molecule has 0 spiro atoms. The summed E-state index contributed by atoms with van der Waals surface area (Å²) in [5.74, 6) is -2.34. The number of benzene rings is 2. The van der Waals surface area contributed by atoms with E-state index in [4.69, 9.17) is 27.9 Å². The second-order valence-electron chi connectivity index (χ2n) is 6.44. The van der Waals surface area contributed by atoms with Gasteiger partial charge in [-0.2, -0.15) is 0 Å². The molecule has 0 unspecified atom stereocenters. The van der Waals surface area contributed by atoms with Gasteiger partial charge in [0.05, 0.1) is 29.0 Å². The minimum absolute atomic E-state index is 0.0809. The molecule has 0 aromatic heterocycles. The van der Waals surface area contributed by atoms with Gasteiger partial charge in [0.25, 0.3) is 11.8 Å². The van der Waals surface area contributed by atoms with Crippen LogP contribution in [-0.2, 0) is 4.74 Å². The molecule has 0 radical (unpaired) electrons. The van der Waals surface area contributed by atoms with Gasteiger partial charge < -0.3 is 4.74 Å². The number of alkyl halides is 2. The first-order valence-corrected chi connectivity index (χ1v) is 8.87. The first-order valence-electron chi connectivity index (χ1n) is 8.11. The molecule has 1 aliphatic heterocycles. The highest BCUT2D eigenvalue weighted by molar-refractivity contribution is 6.50. The third-order valence-electron chi connectivity index (χ3n) is 4.58. The Labute approximate surface area is 163 Å². The minimum atomic E-state index is -0.851. The number of imide groups is 1. The number of hydrogen-bond donors (Lipinski definition) is 0. The molecule has 2 aliphatic rings. The molecule has 1 heterocycles. The summed E-state index contributed by atoms with van der Waals surface area (Å²) >= 11 is 11.8. The summed E-state index contributed by atoms with van der Waals surface area (Å²) in [7, 11) is 0. The third-order valence-corrected chi connectivity index (χ3v) is 5.50. The van der Waals surface area contributed by atoms with E-state index in [-0.39, 0.29) is 34.9 Å². The molecule has 2 aromatic carbocycles. The maximum absolute atomic E-state index is 13.1. The predicted octanol–water partition coefficient (Wildman–Crippen LogP) is 3.98. The Morgan fingerprint density at radius 2 is 1.74 bits per heavy atom. The number of halogens is 3. The zero-order chi connectivity index (χ0) is 19.3. The highest BCUT2D eigenvalue weighted by Crippen LogP contribution is 2.53. The lowest BCUT2D eigenvalue weighted by molar-refractivity contribution is 0.0485. The van der Waals surface area contributed by atoms with E-state index in [0.29, 0.717) is 6.42 Å². The fourth-order valence-electron chi connectivity index (χ4n) is 2.90. The molecule has 1 aliphatic carbocycles. The molecule has 0 saturated heterocycles. The zero-order valence-corrected chi connectivity index (χ0v) is 15.3. The molecule has 2 aromatic rings. The lowest BCUT2D eigenvalue weighted by Crippen LogP contribution is -2.29. The third kappa shape index (κ3) is 3.19. The summed E-state index contributed by atoms with van der Waals surface area (Å²) in [6.07, 6.45) is 0.549. The van der Waals surface area contributed by atoms with E-state index in [1.165, 1.54) is 30.3 Å². The molecule has 5 nitrogen and oxygen atoms in total. The molecule has 4 rings (SSSR count). The Bertz CT molecular complexity index is 974. The van der Waals surface area contributed by atoms with Gasteiger partial charge in [0.15, 0.2) is 0 Å². The topological polar surface area (TPSA) is 63.7 Å². The molecule has 27 heavy (non-hydrogen) atoms. The number of nitrogens with zero attached hydrogens (tertiary/aromatic N) is 1. The van der Waals surface area contributed by atoms with Gasteiger partial charge in [-0.25, -0.2) is 14.1 Å². The molecule has 0 bridgehead atoms. The van der Waals surface area contributed by atoms with Crippen LogP contribution >= 0.6 is 23.2 Å². The number of hydrogen-bond acceptors (Lipinski definition) is 4. The highest BCUT2D eigenvalue weighted by Gasteiger charge is 2.52. The average molecular weight is 408 g/mol. The quantitative estimate of drug-likeness (QED) is 0.436. The van der Waals surface area contributed by atoms with Crippen molar-refractivity contribution in [3.63, 3.8) is 0 Å². The van der Waals surface area contributed by atoms with E-state index in [2.05, 4.69) is 0 Å². The van der Waals surface area contributed by atoms with Crippen LogP contribution in [0.3, 0.4) is 0 Å². The van der Waals surface area contributed by atoms with Crippen LogP contribution in [0.15, 0.2) is 42.5 Å². The van der Waals surface area contributed by atoms with Crippen molar-refractivity contribution in [1.29, 1.82) is 0 Å². The summed E-state index contributed by atoms with van der Waals surface area (Å²) in [5, 5.41) is 0. The van der Waals surface area contributed by atoms with Gasteiger partial charge in [-0.15, -0.1) is 23.2 Å². The molecular formula is C19H12Cl2FNO4. The molecule has 1 fully saturated rings. The second kappa shape index (κ2) is 6.32. The monoisotopic (exact) mass is 407 g/mol. The van der Waals surface area contributed by atoms with Crippen LogP contribution in [0.25, 0.3) is 0 Å². The lowest BCUT2D eigenvalue weighted by Gasteiger charge is -2.13. The number of rotatable bonds is 4. The fourth-order valence-corrected chi connectivity index (χ4v) is 3.40. The zero-order valence-electron chi connectivity index (χ0n) is 13.7. The maximum atomic E-state index is 13.1. The Hall–Kier alpha value is -2.44. The van der Waals surface area contributed by atoms with Gasteiger partial charge in [0, 0.05) is 5.92 Å². The van der Waals surface area contributed by atoms with Crippen molar-refractivity contribution >= 4 is 46.7 Å². The lowest BCUT2D eigenvalue weighted by atomic mass is 10.1. The molecular weight excluding hydrogens is 396 g/mol. The normalized spacial score (nSPS) is 19.8. The number of anilines is 1. The van der Waals surface area contributed by atoms with Gasteiger partial charge in [-0.05, 0) is 48.9 Å². The summed E-state index contributed by atoms with van der Waals surface area (Å²) in [6.45, 7) is 0.0809. The minimum Gasteiger partial charge on any atom is -0.462 e. The summed E-state index contributed by atoms with van der Waals surface area (Å²) in [5.41, 5.74) is 0.658. The number of fused-ring (bicyclic) bond motifs is 1. The predicted molar refractivity (Wildman–Crippen MR) is 96.8 cm³/mol. The van der Waals surface area contributed by atoms with Gasteiger partial charge in [-0.3, -0.25) is 9.59 Å². The molecule has 0 N–H and O–H groups in total. The molecule has 2 amide bonds. The Balaban J connectivity index is 1.55. The van der Waals surface area contributed by atoms with E-state index in [0.717, 1.165) is 17.0 Å². The van der Waals surface area contributed by atoms with E-state index in [1.807, 2.05) is 0 Å². The van der Waals surface area contributed by atoms with Crippen molar-refractivity contribution in [2.24, 2.45) is 5.92 Å². The smallest absolute Gasteiger partial charge is 0.338 e. The fraction of sp³-hybridized carbons (Fsp3) is 0.211. The van der Waals surface area contributed by atoms with Gasteiger partial charge in [0.1, 0.15) is 10.2 Å². The molecule has 8 heteroatoms. The SMILES string of the molecule is O=C(OC[C@@H]1CC1(Cl)Cl)c1ccc2c(c1)C(=O)N(c1ccc(F)cc1)C2=O. The van der Waals surface area contributed by atoms with Gasteiger partial charge in [-0.1, -0.05) is 0 Å². The van der Waals surface area contributed by atoms with E-state index >= 15 is 0 Å². The van der Waals surface area contributed by atoms with Gasteiger partial charge >= 0.3 is 5.97 Å². The second-order valence-corrected chi connectivity index (χ2v) is 7.99. The number of ether oxygens (including phenoxy) is 1. The standard InChI is InChI=1S/C19H12Cl2FNO4/c20-19(21)8-11(19)9-27-18(26)10-1-6-14-15(7-10)17(25)23(16(14)24)13-4-2-12(22)3-5-13/h1-7,11H,8-9H2/t11-/m0/s1. The highest BCUT2D eigenvalue weighted by atomic mass is 35.5. The van der Waals surface area contributed by atoms with Crippen molar-refractivity contribution in [2.75, 3.05) is 11.5 Å². The Morgan fingerprint density at radius 3 is 2.37 bits per heavy atom. The van der Waals surface area contributed by atoms with Crippen LogP contribution in [0, 0.1) is 11.7 Å². The van der Waals surface area contributed by atoms with Crippen LogP contribution < -0.4 is 4.90 Å². The van der Waals surface area contributed by atoms with E-state index < -0.39 is 27.9 Å². The van der Waals surface area contributed by atoms with E-state index in [9.17, 15) is 18.8 Å². The first kappa shape index (κ1) is 17.9. The van der Waals surface area contributed by atoms with Crippen molar-refractivity contribution in [3.8, 4) is 0 Å². The van der Waals surface area contributed by atoms with Crippen molar-refractivity contribution in [1.82, 2.24) is 0 Å². The molecule has 1 atom stereocenters. The van der Waals surface area contributed by atoms with Crippen LogP contribution in [-0.4, -0.2) is 28.7 Å². The largest absolute Gasteiger partial charge is 0.462 e. The summed E-state index contributed by atoms with van der Waals surface area (Å²) in [4.78, 5) is 38.3. The maximum Gasteiger partial charge on any atom is 0.338 e. The van der Waals surface area contributed by atoms with Gasteiger partial charge in [0.2, 0.25) is 0 Å². The van der Waals surface area contributed by atoms with Crippen molar-refractivity contribution < 1.29 is 23.5 Å². The molecule has 1 saturated carbocycles. The number of carbonyl (C=O) groups is 3. The average Bonchev–Trinajstić information content (AvgIpc) is 3.18. The van der Waals surface area contributed by atoms with Crippen LogP contribution in [0.4, 0.5) is 10.1 Å². The van der Waals surface area contributed by atoms with Crippen molar-refractivity contribution in [2.45, 2.75) is 10.8 Å². The van der Waals surface area contributed by atoms with Crippen LogP contribution in [0.5, 0.6) is 0 Å². The van der Waals surface area contributed by atoms with Crippen LogP contribution in [0.2, 0.25) is 0 Å². The Kier molecular flexibility index (Phi) is 4.20.